The number of sulfonamides is 1. The third kappa shape index (κ3) is 5.89. The molecule has 0 fully saturated rings. The van der Waals surface area contributed by atoms with Crippen molar-refractivity contribution in [1.29, 1.82) is 0 Å². The van der Waals surface area contributed by atoms with Gasteiger partial charge in [0, 0.05) is 18.8 Å². The Bertz CT molecular complexity index is 1240. The maximum absolute atomic E-state index is 13.1. The highest BCUT2D eigenvalue weighted by molar-refractivity contribution is 7.89. The highest BCUT2D eigenvalue weighted by atomic mass is 32.2. The predicted octanol–water partition coefficient (Wildman–Crippen LogP) is 5.72. The topological polar surface area (TPSA) is 49.4 Å². The molecule has 4 nitrogen and oxygen atoms in total. The lowest BCUT2D eigenvalue weighted by molar-refractivity contribution is 0.558. The van der Waals surface area contributed by atoms with E-state index in [1.165, 1.54) is 0 Å². The fourth-order valence-corrected chi connectivity index (χ4v) is 4.89. The Hall–Kier alpha value is -3.41. The van der Waals surface area contributed by atoms with Crippen molar-refractivity contribution in [3.8, 4) is 0 Å². The fraction of sp³-hybridized carbons (Fsp3) is 0.143. The summed E-state index contributed by atoms with van der Waals surface area (Å²) in [5.74, 6) is 0. The van der Waals surface area contributed by atoms with E-state index in [9.17, 15) is 8.42 Å². The summed E-state index contributed by atoms with van der Waals surface area (Å²) in [6.45, 7) is 2.83. The van der Waals surface area contributed by atoms with Crippen LogP contribution in [0.25, 0.3) is 0 Å². The molecular weight excluding hydrogens is 428 g/mol. The van der Waals surface area contributed by atoms with Gasteiger partial charge in [0.25, 0.3) is 0 Å². The molecule has 0 aromatic heterocycles. The molecule has 0 radical (unpaired) electrons. The van der Waals surface area contributed by atoms with Gasteiger partial charge in [-0.2, -0.15) is 0 Å². The SMILES string of the molecule is Cc1ccc(S(=O)(=O)NCC(c2ccccc2)N(Cc2ccccc2)c2ccccc2)cc1. The van der Waals surface area contributed by atoms with Crippen molar-refractivity contribution in [1.82, 2.24) is 4.72 Å². The Morgan fingerprint density at radius 1 is 0.727 bits per heavy atom. The number of hydrogen-bond acceptors (Lipinski definition) is 3. The highest BCUT2D eigenvalue weighted by Crippen LogP contribution is 2.29. The van der Waals surface area contributed by atoms with Crippen LogP contribution in [0.4, 0.5) is 5.69 Å². The van der Waals surface area contributed by atoms with E-state index >= 15 is 0 Å². The van der Waals surface area contributed by atoms with Crippen molar-refractivity contribution in [2.75, 3.05) is 11.4 Å². The second-order valence-electron chi connectivity index (χ2n) is 8.04. The van der Waals surface area contributed by atoms with Gasteiger partial charge in [-0.3, -0.25) is 0 Å². The van der Waals surface area contributed by atoms with Gasteiger partial charge < -0.3 is 4.90 Å². The summed E-state index contributed by atoms with van der Waals surface area (Å²) in [4.78, 5) is 2.52. The maximum Gasteiger partial charge on any atom is 0.240 e. The minimum atomic E-state index is -3.65. The third-order valence-electron chi connectivity index (χ3n) is 5.64. The Morgan fingerprint density at radius 3 is 1.88 bits per heavy atom. The van der Waals surface area contributed by atoms with Gasteiger partial charge in [0.2, 0.25) is 10.0 Å². The average Bonchev–Trinajstić information content (AvgIpc) is 2.85. The van der Waals surface area contributed by atoms with Crippen molar-refractivity contribution >= 4 is 15.7 Å². The summed E-state index contributed by atoms with van der Waals surface area (Å²) in [5, 5.41) is 0. The normalized spacial score (nSPS) is 12.3. The van der Waals surface area contributed by atoms with Gasteiger partial charge >= 0.3 is 0 Å². The first kappa shape index (κ1) is 22.8. The van der Waals surface area contributed by atoms with Crippen molar-refractivity contribution in [3.63, 3.8) is 0 Å². The van der Waals surface area contributed by atoms with Crippen LogP contribution in [0.5, 0.6) is 0 Å². The van der Waals surface area contributed by atoms with E-state index in [0.29, 0.717) is 6.54 Å². The quantitative estimate of drug-likeness (QED) is 0.350. The van der Waals surface area contributed by atoms with Crippen LogP contribution in [0.1, 0.15) is 22.7 Å². The summed E-state index contributed by atoms with van der Waals surface area (Å²) in [6.07, 6.45) is 0. The molecule has 5 heteroatoms. The molecule has 1 N–H and O–H groups in total. The van der Waals surface area contributed by atoms with E-state index in [4.69, 9.17) is 0 Å². The fourth-order valence-electron chi connectivity index (χ4n) is 3.85. The lowest BCUT2D eigenvalue weighted by Gasteiger charge is -2.34. The van der Waals surface area contributed by atoms with E-state index in [-0.39, 0.29) is 17.5 Å². The van der Waals surface area contributed by atoms with Crippen molar-refractivity contribution in [2.45, 2.75) is 24.4 Å². The van der Waals surface area contributed by atoms with E-state index < -0.39 is 10.0 Å². The molecule has 0 amide bonds. The Morgan fingerprint density at radius 2 is 1.27 bits per heavy atom. The summed E-state index contributed by atoms with van der Waals surface area (Å²) >= 11 is 0. The third-order valence-corrected chi connectivity index (χ3v) is 7.08. The number of aryl methyl sites for hydroxylation is 1. The van der Waals surface area contributed by atoms with Gasteiger partial charge in [0.15, 0.2) is 0 Å². The second kappa shape index (κ2) is 10.5. The van der Waals surface area contributed by atoms with E-state index in [1.54, 1.807) is 12.1 Å². The zero-order valence-electron chi connectivity index (χ0n) is 18.6. The van der Waals surface area contributed by atoms with E-state index in [2.05, 4.69) is 33.9 Å². The zero-order valence-corrected chi connectivity index (χ0v) is 19.4. The van der Waals surface area contributed by atoms with Crippen LogP contribution in [-0.4, -0.2) is 15.0 Å². The molecule has 33 heavy (non-hydrogen) atoms. The summed E-state index contributed by atoms with van der Waals surface area (Å²) < 4.78 is 29.0. The number of nitrogens with one attached hydrogen (secondary N) is 1. The molecule has 1 atom stereocenters. The van der Waals surface area contributed by atoms with Gasteiger partial charge in [-0.05, 0) is 42.3 Å². The van der Waals surface area contributed by atoms with Crippen molar-refractivity contribution < 1.29 is 8.42 Å². The summed E-state index contributed by atoms with van der Waals surface area (Å²) in [5.41, 5.74) is 4.26. The molecule has 0 saturated carbocycles. The van der Waals surface area contributed by atoms with Crippen LogP contribution in [0.2, 0.25) is 0 Å². The van der Waals surface area contributed by atoms with Gasteiger partial charge in [-0.1, -0.05) is 96.6 Å². The molecule has 168 valence electrons. The molecular formula is C28H28N2O2S. The maximum atomic E-state index is 13.1. The molecule has 0 bridgehead atoms. The predicted molar refractivity (Wildman–Crippen MR) is 135 cm³/mol. The van der Waals surface area contributed by atoms with Gasteiger partial charge in [-0.25, -0.2) is 13.1 Å². The van der Waals surface area contributed by atoms with Crippen LogP contribution >= 0.6 is 0 Å². The minimum Gasteiger partial charge on any atom is -0.359 e. The molecule has 0 saturated heterocycles. The number of rotatable bonds is 9. The van der Waals surface area contributed by atoms with Crippen LogP contribution in [0, 0.1) is 6.92 Å². The Balaban J connectivity index is 1.69. The average molecular weight is 457 g/mol. The van der Waals surface area contributed by atoms with Gasteiger partial charge in [0.1, 0.15) is 0 Å². The smallest absolute Gasteiger partial charge is 0.240 e. The lowest BCUT2D eigenvalue weighted by Crippen LogP contribution is -2.38. The lowest BCUT2D eigenvalue weighted by atomic mass is 10.0. The molecule has 4 aromatic carbocycles. The number of nitrogens with zero attached hydrogens (tertiary/aromatic N) is 1. The van der Waals surface area contributed by atoms with Crippen LogP contribution in [0.15, 0.2) is 120 Å². The van der Waals surface area contributed by atoms with Crippen LogP contribution < -0.4 is 9.62 Å². The number of hydrogen-bond donors (Lipinski definition) is 1. The summed E-state index contributed by atoms with van der Waals surface area (Å²) in [7, 11) is -3.65. The molecule has 0 aliphatic heterocycles. The molecule has 0 heterocycles. The number of anilines is 1. The Kier molecular flexibility index (Phi) is 7.23. The van der Waals surface area contributed by atoms with Crippen molar-refractivity contribution in [3.05, 3.63) is 132 Å². The molecule has 0 aliphatic carbocycles. The van der Waals surface area contributed by atoms with Crippen LogP contribution in [0.3, 0.4) is 0 Å². The van der Waals surface area contributed by atoms with Gasteiger partial charge in [0.05, 0.1) is 10.9 Å². The first-order valence-corrected chi connectivity index (χ1v) is 12.5. The summed E-state index contributed by atoms with van der Waals surface area (Å²) in [6, 6.07) is 37.1. The molecule has 4 rings (SSSR count). The standard InChI is InChI=1S/C28H28N2O2S/c1-23-17-19-27(20-18-23)33(31,32)29-21-28(25-13-7-3-8-14-25)30(26-15-9-4-10-16-26)22-24-11-5-2-6-12-24/h2-20,28-29H,21-22H2,1H3. The monoisotopic (exact) mass is 456 g/mol. The highest BCUT2D eigenvalue weighted by Gasteiger charge is 2.24. The van der Waals surface area contributed by atoms with E-state index in [0.717, 1.165) is 22.4 Å². The van der Waals surface area contributed by atoms with Crippen molar-refractivity contribution in [2.24, 2.45) is 0 Å². The first-order chi connectivity index (χ1) is 16.0. The first-order valence-electron chi connectivity index (χ1n) is 11.0. The minimum absolute atomic E-state index is 0.200. The molecule has 1 unspecified atom stereocenters. The Labute approximate surface area is 196 Å². The molecule has 0 aliphatic rings. The largest absolute Gasteiger partial charge is 0.359 e. The van der Waals surface area contributed by atoms with E-state index in [1.807, 2.05) is 85.8 Å². The molecule has 0 spiro atoms. The zero-order chi connectivity index (χ0) is 23.1. The van der Waals surface area contributed by atoms with Gasteiger partial charge in [-0.15, -0.1) is 0 Å². The number of benzene rings is 4. The molecule has 4 aromatic rings. The second-order valence-corrected chi connectivity index (χ2v) is 9.81. The number of para-hydroxylation sites is 1. The van der Waals surface area contributed by atoms with Crippen LogP contribution in [-0.2, 0) is 16.6 Å².